The van der Waals surface area contributed by atoms with Crippen LogP contribution in [0.4, 0.5) is 17.6 Å². The van der Waals surface area contributed by atoms with Crippen LogP contribution in [0.2, 0.25) is 0 Å². The van der Waals surface area contributed by atoms with Crippen molar-refractivity contribution in [2.75, 3.05) is 13.4 Å². The van der Waals surface area contributed by atoms with E-state index in [1.165, 1.54) is 37.4 Å². The van der Waals surface area contributed by atoms with Crippen LogP contribution in [-0.4, -0.2) is 37.7 Å². The maximum atomic E-state index is 14.4. The van der Waals surface area contributed by atoms with Gasteiger partial charge in [-0.15, -0.1) is 5.10 Å². The summed E-state index contributed by atoms with van der Waals surface area (Å²) in [6.07, 6.45) is -3.88. The molecule has 2 aromatic carbocycles. The van der Waals surface area contributed by atoms with Gasteiger partial charge in [-0.3, -0.25) is 0 Å². The van der Waals surface area contributed by atoms with E-state index in [1.54, 1.807) is 6.92 Å². The van der Waals surface area contributed by atoms with Gasteiger partial charge in [-0.25, -0.2) is 17.6 Å². The summed E-state index contributed by atoms with van der Waals surface area (Å²) in [5.41, 5.74) is -2.38. The number of carbonyl (C=O) groups is 1. The summed E-state index contributed by atoms with van der Waals surface area (Å²) in [5, 5.41) is 3.86. The van der Waals surface area contributed by atoms with Crippen molar-refractivity contribution in [3.05, 3.63) is 54.0 Å². The van der Waals surface area contributed by atoms with E-state index in [2.05, 4.69) is 5.10 Å². The smallest absolute Gasteiger partial charge is 0.437 e. The summed E-state index contributed by atoms with van der Waals surface area (Å²) in [5.74, 6) is -2.04. The molecule has 182 valence electrons. The topological polar surface area (TPSA) is 87.5 Å². The Bertz CT molecular complexity index is 1320. The highest BCUT2D eigenvalue weighted by Crippen LogP contribution is 2.43. The van der Waals surface area contributed by atoms with Gasteiger partial charge in [-0.05, 0) is 36.2 Å². The van der Waals surface area contributed by atoms with E-state index in [4.69, 9.17) is 9.57 Å². The quantitative estimate of drug-likeness (QED) is 0.443. The second-order valence-corrected chi connectivity index (χ2v) is 9.32. The number of benzene rings is 2. The van der Waals surface area contributed by atoms with Crippen LogP contribution in [0.5, 0.6) is 5.75 Å². The first-order chi connectivity index (χ1) is 15.9. The fourth-order valence-corrected chi connectivity index (χ4v) is 3.85. The van der Waals surface area contributed by atoms with Crippen molar-refractivity contribution in [2.45, 2.75) is 30.8 Å². The molecule has 3 rings (SSSR count). The fourth-order valence-electron chi connectivity index (χ4n) is 3.22. The number of rotatable bonds is 7. The summed E-state index contributed by atoms with van der Waals surface area (Å²) in [7, 11) is -2.36. The molecule has 0 aliphatic heterocycles. The zero-order valence-corrected chi connectivity index (χ0v) is 19.1. The Balaban J connectivity index is 2.32. The summed E-state index contributed by atoms with van der Waals surface area (Å²) >= 11 is 0. The van der Waals surface area contributed by atoms with Crippen molar-refractivity contribution in [3.8, 4) is 28.1 Å². The zero-order chi connectivity index (χ0) is 25.3. The standard InChI is InChI=1S/C22H20F4N2O5S/c1-4-5-18(29)33-28-21(22(24,25)26)19(14-8-11-17(32-2)16(23)12-14)20(27-28)13-6-9-15(10-7-13)34(3,30)31/h6-12H,4-5H2,1-3H3. The van der Waals surface area contributed by atoms with Gasteiger partial charge in [0.1, 0.15) is 5.69 Å². The van der Waals surface area contributed by atoms with Crippen LogP contribution in [0, 0.1) is 5.82 Å². The summed E-state index contributed by atoms with van der Waals surface area (Å²) in [6.45, 7) is 1.65. The van der Waals surface area contributed by atoms with Gasteiger partial charge in [0, 0.05) is 23.8 Å². The molecule has 0 N–H and O–H groups in total. The van der Waals surface area contributed by atoms with Gasteiger partial charge in [0.25, 0.3) is 0 Å². The molecule has 0 aliphatic rings. The molecule has 0 spiro atoms. The second-order valence-electron chi connectivity index (χ2n) is 7.30. The molecule has 0 atom stereocenters. The van der Waals surface area contributed by atoms with Crippen molar-refractivity contribution >= 4 is 15.8 Å². The first-order valence-corrected chi connectivity index (χ1v) is 11.8. The Morgan fingerprint density at radius 1 is 1.09 bits per heavy atom. The number of ether oxygens (including phenoxy) is 1. The first kappa shape index (κ1) is 25.2. The molecule has 0 fully saturated rings. The molecule has 0 amide bonds. The molecule has 7 nitrogen and oxygen atoms in total. The molecule has 0 saturated heterocycles. The Morgan fingerprint density at radius 3 is 2.21 bits per heavy atom. The third kappa shape index (κ3) is 5.22. The monoisotopic (exact) mass is 500 g/mol. The summed E-state index contributed by atoms with van der Waals surface area (Å²) < 4.78 is 85.3. The van der Waals surface area contributed by atoms with E-state index in [-0.39, 0.29) is 38.7 Å². The number of nitrogens with zero attached hydrogens (tertiary/aromatic N) is 2. The molecule has 1 heterocycles. The fraction of sp³-hybridized carbons (Fsp3) is 0.273. The number of sulfone groups is 1. The van der Waals surface area contributed by atoms with Crippen LogP contribution in [0.25, 0.3) is 22.4 Å². The highest BCUT2D eigenvalue weighted by Gasteiger charge is 2.42. The lowest BCUT2D eigenvalue weighted by atomic mass is 9.98. The number of aromatic nitrogens is 2. The van der Waals surface area contributed by atoms with Gasteiger partial charge in [-0.1, -0.05) is 30.0 Å². The molecule has 3 aromatic rings. The lowest BCUT2D eigenvalue weighted by Crippen LogP contribution is -2.26. The molecule has 0 bridgehead atoms. The highest BCUT2D eigenvalue weighted by molar-refractivity contribution is 7.90. The van der Waals surface area contributed by atoms with Gasteiger partial charge in [0.05, 0.1) is 12.0 Å². The maximum Gasteiger partial charge on any atom is 0.437 e. The molecule has 0 aliphatic carbocycles. The van der Waals surface area contributed by atoms with Crippen molar-refractivity contribution in [1.29, 1.82) is 0 Å². The van der Waals surface area contributed by atoms with E-state index >= 15 is 0 Å². The van der Waals surface area contributed by atoms with E-state index < -0.39 is 39.1 Å². The normalized spacial score (nSPS) is 12.0. The van der Waals surface area contributed by atoms with E-state index in [1.807, 2.05) is 0 Å². The Labute approximate surface area is 192 Å². The number of carbonyl (C=O) groups excluding carboxylic acids is 1. The molecule has 0 unspecified atom stereocenters. The van der Waals surface area contributed by atoms with Gasteiger partial charge >= 0.3 is 12.1 Å². The Hall–Kier alpha value is -3.41. The molecule has 0 radical (unpaired) electrons. The lowest BCUT2D eigenvalue weighted by molar-refractivity contribution is -0.162. The van der Waals surface area contributed by atoms with Crippen LogP contribution in [0.1, 0.15) is 25.5 Å². The third-order valence-corrected chi connectivity index (χ3v) is 5.89. The summed E-state index contributed by atoms with van der Waals surface area (Å²) in [4.78, 5) is 16.9. The Kier molecular flexibility index (Phi) is 7.01. The number of hydrogen-bond acceptors (Lipinski definition) is 6. The van der Waals surface area contributed by atoms with Gasteiger partial charge in [0.2, 0.25) is 0 Å². The largest absolute Gasteiger partial charge is 0.494 e. The molecule has 1 aromatic heterocycles. The number of alkyl halides is 3. The van der Waals surface area contributed by atoms with Crippen LogP contribution >= 0.6 is 0 Å². The van der Waals surface area contributed by atoms with Crippen LogP contribution in [0.3, 0.4) is 0 Å². The molecule has 34 heavy (non-hydrogen) atoms. The third-order valence-electron chi connectivity index (χ3n) is 4.76. The maximum absolute atomic E-state index is 14.4. The van der Waals surface area contributed by atoms with Crippen LogP contribution < -0.4 is 9.57 Å². The van der Waals surface area contributed by atoms with Gasteiger partial charge in [0.15, 0.2) is 27.1 Å². The van der Waals surface area contributed by atoms with Gasteiger partial charge < -0.3 is 9.57 Å². The molecular formula is C22H20F4N2O5S. The lowest BCUT2D eigenvalue weighted by Gasteiger charge is -2.13. The van der Waals surface area contributed by atoms with E-state index in [0.29, 0.717) is 6.42 Å². The highest BCUT2D eigenvalue weighted by atomic mass is 32.2. The summed E-state index contributed by atoms with van der Waals surface area (Å²) in [6, 6.07) is 8.15. The molecular weight excluding hydrogens is 480 g/mol. The Morgan fingerprint density at radius 2 is 1.71 bits per heavy atom. The van der Waals surface area contributed by atoms with Crippen LogP contribution in [-0.2, 0) is 20.8 Å². The minimum absolute atomic E-state index is 0.0573. The van der Waals surface area contributed by atoms with Crippen molar-refractivity contribution in [1.82, 2.24) is 9.94 Å². The number of methoxy groups -OCH3 is 1. The van der Waals surface area contributed by atoms with Crippen molar-refractivity contribution in [3.63, 3.8) is 0 Å². The minimum Gasteiger partial charge on any atom is -0.494 e. The SMILES string of the molecule is CCCC(=O)On1nc(-c2ccc(S(C)(=O)=O)cc2)c(-c2ccc(OC)c(F)c2)c1C(F)(F)F. The number of hydrogen-bond donors (Lipinski definition) is 0. The van der Waals surface area contributed by atoms with E-state index in [0.717, 1.165) is 18.4 Å². The second kappa shape index (κ2) is 9.45. The van der Waals surface area contributed by atoms with E-state index in [9.17, 15) is 30.8 Å². The molecule has 0 saturated carbocycles. The predicted molar refractivity (Wildman–Crippen MR) is 114 cm³/mol. The average molecular weight is 500 g/mol. The number of halogens is 4. The first-order valence-electron chi connectivity index (χ1n) is 9.92. The van der Waals surface area contributed by atoms with Crippen molar-refractivity contribution < 1.29 is 40.3 Å². The zero-order valence-electron chi connectivity index (χ0n) is 18.3. The average Bonchev–Trinajstić information content (AvgIpc) is 3.12. The predicted octanol–water partition coefficient (Wildman–Crippen LogP) is 4.54. The van der Waals surface area contributed by atoms with Crippen LogP contribution in [0.15, 0.2) is 47.4 Å². The van der Waals surface area contributed by atoms with Gasteiger partial charge in [-0.2, -0.15) is 13.2 Å². The minimum atomic E-state index is -5.05. The van der Waals surface area contributed by atoms with Crippen molar-refractivity contribution in [2.24, 2.45) is 0 Å². The molecule has 12 heteroatoms.